The Bertz CT molecular complexity index is 1070. The van der Waals surface area contributed by atoms with Crippen molar-refractivity contribution in [2.45, 2.75) is 6.92 Å². The summed E-state index contributed by atoms with van der Waals surface area (Å²) in [6.07, 6.45) is 1.49. The minimum Gasteiger partial charge on any atom is -0.455 e. The summed E-state index contributed by atoms with van der Waals surface area (Å²) in [4.78, 5) is 12.6. The Balaban J connectivity index is 1.51. The molecule has 1 aromatic heterocycles. The molecule has 0 unspecified atom stereocenters. The lowest BCUT2D eigenvalue weighted by Crippen LogP contribution is -2.12. The van der Waals surface area contributed by atoms with Crippen LogP contribution in [0.25, 0.3) is 5.69 Å². The number of anilines is 1. The number of tetrazole rings is 1. The first-order chi connectivity index (χ1) is 13.7. The van der Waals surface area contributed by atoms with Crippen LogP contribution >= 0.6 is 0 Å². The van der Waals surface area contributed by atoms with E-state index in [1.807, 2.05) is 49.4 Å². The molecule has 0 fully saturated rings. The molecular weight excluding hydrogens is 354 g/mol. The lowest BCUT2D eigenvalue weighted by molar-refractivity contribution is 0.102. The first kappa shape index (κ1) is 17.4. The Morgan fingerprint density at radius 3 is 2.43 bits per heavy atom. The predicted octanol–water partition coefficient (Wildman–Crippen LogP) is 4.02. The molecule has 0 aliphatic carbocycles. The Labute approximate surface area is 161 Å². The van der Waals surface area contributed by atoms with E-state index in [4.69, 9.17) is 4.74 Å². The fourth-order valence-corrected chi connectivity index (χ4v) is 2.63. The highest BCUT2D eigenvalue weighted by Crippen LogP contribution is 2.29. The summed E-state index contributed by atoms with van der Waals surface area (Å²) in [5, 5.41) is 13.9. The van der Waals surface area contributed by atoms with Crippen molar-refractivity contribution in [1.29, 1.82) is 0 Å². The zero-order valence-corrected chi connectivity index (χ0v) is 15.1. The average Bonchev–Trinajstić information content (AvgIpc) is 3.26. The third-order valence-electron chi connectivity index (χ3n) is 4.13. The van der Waals surface area contributed by atoms with E-state index in [-0.39, 0.29) is 5.91 Å². The maximum Gasteiger partial charge on any atom is 0.255 e. The van der Waals surface area contributed by atoms with E-state index in [1.54, 1.807) is 30.3 Å². The molecule has 0 bridgehead atoms. The number of amides is 1. The van der Waals surface area contributed by atoms with Crippen LogP contribution in [0, 0.1) is 6.92 Å². The zero-order valence-electron chi connectivity index (χ0n) is 15.1. The van der Waals surface area contributed by atoms with Crippen LogP contribution in [0.3, 0.4) is 0 Å². The van der Waals surface area contributed by atoms with Crippen LogP contribution in [0.15, 0.2) is 79.1 Å². The van der Waals surface area contributed by atoms with Gasteiger partial charge in [-0.25, -0.2) is 4.68 Å². The molecule has 1 N–H and O–H groups in total. The molecule has 138 valence electrons. The van der Waals surface area contributed by atoms with Crippen molar-refractivity contribution in [3.8, 4) is 17.2 Å². The first-order valence-corrected chi connectivity index (χ1v) is 8.67. The van der Waals surface area contributed by atoms with Gasteiger partial charge >= 0.3 is 0 Å². The van der Waals surface area contributed by atoms with E-state index in [0.717, 1.165) is 11.3 Å². The normalized spacial score (nSPS) is 10.5. The lowest BCUT2D eigenvalue weighted by atomic mass is 10.2. The van der Waals surface area contributed by atoms with Crippen LogP contribution in [-0.4, -0.2) is 26.1 Å². The van der Waals surface area contributed by atoms with Crippen molar-refractivity contribution >= 4 is 11.6 Å². The number of hydrogen-bond acceptors (Lipinski definition) is 5. The molecule has 7 nitrogen and oxygen atoms in total. The number of aryl methyl sites for hydroxylation is 1. The molecular formula is C21H17N5O2. The van der Waals surface area contributed by atoms with Gasteiger partial charge in [-0.2, -0.15) is 0 Å². The number of benzene rings is 3. The number of carbonyl (C=O) groups excluding carboxylic acids is 1. The van der Waals surface area contributed by atoms with E-state index in [1.165, 1.54) is 11.0 Å². The van der Waals surface area contributed by atoms with Gasteiger partial charge in [0.15, 0.2) is 5.75 Å². The molecule has 0 atom stereocenters. The molecule has 28 heavy (non-hydrogen) atoms. The van der Waals surface area contributed by atoms with Crippen molar-refractivity contribution < 1.29 is 9.53 Å². The van der Waals surface area contributed by atoms with E-state index >= 15 is 0 Å². The maximum absolute atomic E-state index is 12.6. The Kier molecular flexibility index (Phi) is 4.79. The summed E-state index contributed by atoms with van der Waals surface area (Å²) < 4.78 is 7.45. The third kappa shape index (κ3) is 3.88. The molecule has 0 saturated carbocycles. The Morgan fingerprint density at radius 2 is 1.71 bits per heavy atom. The molecule has 0 aliphatic rings. The van der Waals surface area contributed by atoms with Gasteiger partial charge in [0.1, 0.15) is 12.1 Å². The number of rotatable bonds is 5. The topological polar surface area (TPSA) is 81.9 Å². The highest BCUT2D eigenvalue weighted by atomic mass is 16.5. The molecule has 4 aromatic rings. The van der Waals surface area contributed by atoms with Crippen LogP contribution in [0.4, 0.5) is 5.69 Å². The molecule has 1 heterocycles. The second-order valence-corrected chi connectivity index (χ2v) is 6.17. The number of para-hydroxylation sites is 2. The smallest absolute Gasteiger partial charge is 0.255 e. The minimum absolute atomic E-state index is 0.233. The van der Waals surface area contributed by atoms with E-state index in [9.17, 15) is 4.79 Å². The molecule has 7 heteroatoms. The van der Waals surface area contributed by atoms with Gasteiger partial charge in [-0.1, -0.05) is 29.8 Å². The summed E-state index contributed by atoms with van der Waals surface area (Å²) in [5.41, 5.74) is 3.03. The number of nitrogens with one attached hydrogen (secondary N) is 1. The minimum atomic E-state index is -0.233. The van der Waals surface area contributed by atoms with E-state index in [2.05, 4.69) is 20.8 Å². The SMILES string of the molecule is Cc1ccc(Oc2ccccc2NC(=O)c2ccc(-n3cnnn3)cc2)cc1. The van der Waals surface area contributed by atoms with Crippen LogP contribution in [0.5, 0.6) is 11.5 Å². The summed E-state index contributed by atoms with van der Waals surface area (Å²) in [7, 11) is 0. The summed E-state index contributed by atoms with van der Waals surface area (Å²) in [6.45, 7) is 2.02. The van der Waals surface area contributed by atoms with Gasteiger partial charge in [-0.05, 0) is 65.9 Å². The maximum atomic E-state index is 12.6. The molecule has 0 aliphatic heterocycles. The third-order valence-corrected chi connectivity index (χ3v) is 4.13. The van der Waals surface area contributed by atoms with Crippen LogP contribution in [0.1, 0.15) is 15.9 Å². The lowest BCUT2D eigenvalue weighted by Gasteiger charge is -2.12. The molecule has 0 radical (unpaired) electrons. The van der Waals surface area contributed by atoms with Gasteiger partial charge < -0.3 is 10.1 Å². The van der Waals surface area contributed by atoms with Gasteiger partial charge in [0.05, 0.1) is 11.4 Å². The second kappa shape index (κ2) is 7.71. The van der Waals surface area contributed by atoms with Crippen molar-refractivity contribution in [1.82, 2.24) is 20.2 Å². The van der Waals surface area contributed by atoms with E-state index in [0.29, 0.717) is 22.7 Å². The molecule has 4 rings (SSSR count). The monoisotopic (exact) mass is 371 g/mol. The number of ether oxygens (including phenoxy) is 1. The second-order valence-electron chi connectivity index (χ2n) is 6.17. The number of aromatic nitrogens is 4. The fourth-order valence-electron chi connectivity index (χ4n) is 2.63. The van der Waals surface area contributed by atoms with Crippen molar-refractivity contribution in [3.63, 3.8) is 0 Å². The molecule has 0 saturated heterocycles. The molecule has 3 aromatic carbocycles. The number of nitrogens with zero attached hydrogens (tertiary/aromatic N) is 4. The number of carbonyl (C=O) groups is 1. The summed E-state index contributed by atoms with van der Waals surface area (Å²) in [6, 6.07) is 22.1. The molecule has 1 amide bonds. The van der Waals surface area contributed by atoms with Gasteiger partial charge in [-0.15, -0.1) is 5.10 Å². The van der Waals surface area contributed by atoms with Gasteiger partial charge in [0.25, 0.3) is 5.91 Å². The van der Waals surface area contributed by atoms with Crippen LogP contribution in [0.2, 0.25) is 0 Å². The first-order valence-electron chi connectivity index (χ1n) is 8.67. The quantitative estimate of drug-likeness (QED) is 0.573. The van der Waals surface area contributed by atoms with Crippen molar-refractivity contribution in [2.75, 3.05) is 5.32 Å². The standard InChI is InChI=1S/C21H17N5O2/c1-15-6-12-18(13-7-15)28-20-5-3-2-4-19(20)23-21(27)16-8-10-17(11-9-16)26-14-22-24-25-26/h2-14H,1H3,(H,23,27). The number of hydrogen-bond donors (Lipinski definition) is 1. The van der Waals surface area contributed by atoms with Crippen LogP contribution < -0.4 is 10.1 Å². The highest BCUT2D eigenvalue weighted by Gasteiger charge is 2.11. The summed E-state index contributed by atoms with van der Waals surface area (Å²) in [5.74, 6) is 1.05. The van der Waals surface area contributed by atoms with Crippen molar-refractivity contribution in [3.05, 3.63) is 90.3 Å². The average molecular weight is 371 g/mol. The van der Waals surface area contributed by atoms with Gasteiger partial charge in [0.2, 0.25) is 0 Å². The van der Waals surface area contributed by atoms with Crippen LogP contribution in [-0.2, 0) is 0 Å². The Hall–Kier alpha value is -4.00. The Morgan fingerprint density at radius 1 is 0.964 bits per heavy atom. The highest BCUT2D eigenvalue weighted by molar-refractivity contribution is 6.05. The summed E-state index contributed by atoms with van der Waals surface area (Å²) >= 11 is 0. The largest absolute Gasteiger partial charge is 0.455 e. The van der Waals surface area contributed by atoms with E-state index < -0.39 is 0 Å². The molecule has 0 spiro atoms. The van der Waals surface area contributed by atoms with Crippen molar-refractivity contribution in [2.24, 2.45) is 0 Å². The fraction of sp³-hybridized carbons (Fsp3) is 0.0476. The predicted molar refractivity (Wildman–Crippen MR) is 105 cm³/mol. The zero-order chi connectivity index (χ0) is 19.3. The van der Waals surface area contributed by atoms with Gasteiger partial charge in [0, 0.05) is 5.56 Å². The van der Waals surface area contributed by atoms with Gasteiger partial charge in [-0.3, -0.25) is 4.79 Å².